The molecule has 0 bridgehead atoms. The molecule has 0 radical (unpaired) electrons. The van der Waals surface area contributed by atoms with Gasteiger partial charge in [0.2, 0.25) is 0 Å². The Kier molecular flexibility index (Phi) is 3.09. The molecule has 1 aliphatic rings. The van der Waals surface area contributed by atoms with Gasteiger partial charge in [-0.3, -0.25) is 0 Å². The lowest BCUT2D eigenvalue weighted by Gasteiger charge is -2.42. The van der Waals surface area contributed by atoms with E-state index >= 15 is 0 Å². The van der Waals surface area contributed by atoms with Gasteiger partial charge in [-0.1, -0.05) is 0 Å². The molecule has 1 saturated heterocycles. The Labute approximate surface area is 74.9 Å². The van der Waals surface area contributed by atoms with E-state index in [1.165, 1.54) is 0 Å². The summed E-state index contributed by atoms with van der Waals surface area (Å²) in [6.45, 7) is 3.95. The third kappa shape index (κ3) is 1.79. The van der Waals surface area contributed by atoms with Crippen LogP contribution in [-0.4, -0.2) is 43.8 Å². The number of nitrogens with zero attached hydrogens (tertiary/aromatic N) is 1. The van der Waals surface area contributed by atoms with E-state index in [9.17, 15) is 0 Å². The number of ether oxygens (including phenoxy) is 1. The van der Waals surface area contributed by atoms with Crippen LogP contribution in [0.15, 0.2) is 0 Å². The van der Waals surface area contributed by atoms with Crippen molar-refractivity contribution in [3.05, 3.63) is 0 Å². The van der Waals surface area contributed by atoms with Gasteiger partial charge in [-0.2, -0.15) is 0 Å². The maximum absolute atomic E-state index is 5.71. The highest BCUT2D eigenvalue weighted by molar-refractivity contribution is 4.91. The third-order valence-corrected chi connectivity index (χ3v) is 3.15. The highest BCUT2D eigenvalue weighted by Crippen LogP contribution is 2.27. The van der Waals surface area contributed by atoms with Crippen molar-refractivity contribution in [2.75, 3.05) is 27.2 Å². The summed E-state index contributed by atoms with van der Waals surface area (Å²) in [6.07, 6.45) is 2.11. The molecular weight excluding hydrogens is 152 g/mol. The maximum Gasteiger partial charge on any atom is 0.0827 e. The standard InChI is InChI=1S/C9H20N2O/c1-8-6-9(7-10,12-3)4-5-11(8)2/h8H,4-7,10H2,1-3H3. The van der Waals surface area contributed by atoms with Gasteiger partial charge in [-0.15, -0.1) is 0 Å². The van der Waals surface area contributed by atoms with Crippen LogP contribution in [0.1, 0.15) is 19.8 Å². The van der Waals surface area contributed by atoms with E-state index in [-0.39, 0.29) is 5.60 Å². The minimum absolute atomic E-state index is 0.0497. The smallest absolute Gasteiger partial charge is 0.0827 e. The molecule has 0 aromatic heterocycles. The van der Waals surface area contributed by atoms with Gasteiger partial charge in [-0.25, -0.2) is 0 Å². The molecule has 2 atom stereocenters. The van der Waals surface area contributed by atoms with Crippen molar-refractivity contribution in [3.8, 4) is 0 Å². The molecule has 2 N–H and O–H groups in total. The fraction of sp³-hybridized carbons (Fsp3) is 1.00. The first-order valence-electron chi connectivity index (χ1n) is 4.59. The topological polar surface area (TPSA) is 38.5 Å². The Balaban J connectivity index is 2.58. The molecule has 0 aromatic carbocycles. The molecule has 0 aromatic rings. The Hall–Kier alpha value is -0.120. The summed E-state index contributed by atoms with van der Waals surface area (Å²) in [6, 6.07) is 0.585. The van der Waals surface area contributed by atoms with Crippen molar-refractivity contribution in [3.63, 3.8) is 0 Å². The summed E-state index contributed by atoms with van der Waals surface area (Å²) in [5.74, 6) is 0. The van der Waals surface area contributed by atoms with Crippen molar-refractivity contribution in [2.45, 2.75) is 31.4 Å². The lowest BCUT2D eigenvalue weighted by Crippen LogP contribution is -2.52. The Morgan fingerprint density at radius 3 is 2.75 bits per heavy atom. The Morgan fingerprint density at radius 1 is 1.67 bits per heavy atom. The molecule has 1 aliphatic heterocycles. The lowest BCUT2D eigenvalue weighted by molar-refractivity contribution is -0.0618. The van der Waals surface area contributed by atoms with Crippen LogP contribution in [0.2, 0.25) is 0 Å². The van der Waals surface area contributed by atoms with Crippen LogP contribution in [0.5, 0.6) is 0 Å². The van der Waals surface area contributed by atoms with Crippen molar-refractivity contribution in [1.29, 1.82) is 0 Å². The van der Waals surface area contributed by atoms with Gasteiger partial charge in [0.25, 0.3) is 0 Å². The summed E-state index contributed by atoms with van der Waals surface area (Å²) in [5.41, 5.74) is 5.66. The summed E-state index contributed by atoms with van der Waals surface area (Å²) in [7, 11) is 3.92. The normalized spacial score (nSPS) is 38.5. The minimum Gasteiger partial charge on any atom is -0.377 e. The SMILES string of the molecule is COC1(CN)CCN(C)C(C)C1. The van der Waals surface area contributed by atoms with Crippen molar-refractivity contribution >= 4 is 0 Å². The van der Waals surface area contributed by atoms with Gasteiger partial charge in [0, 0.05) is 26.2 Å². The number of nitrogens with two attached hydrogens (primary N) is 1. The minimum atomic E-state index is -0.0497. The number of piperidine rings is 1. The highest BCUT2D eigenvalue weighted by Gasteiger charge is 2.35. The van der Waals surface area contributed by atoms with Gasteiger partial charge < -0.3 is 15.4 Å². The van der Waals surface area contributed by atoms with E-state index < -0.39 is 0 Å². The van der Waals surface area contributed by atoms with E-state index in [4.69, 9.17) is 10.5 Å². The maximum atomic E-state index is 5.71. The second kappa shape index (κ2) is 3.73. The van der Waals surface area contributed by atoms with E-state index in [1.54, 1.807) is 7.11 Å². The van der Waals surface area contributed by atoms with Crippen LogP contribution >= 0.6 is 0 Å². The van der Waals surface area contributed by atoms with Gasteiger partial charge in [0.15, 0.2) is 0 Å². The second-order valence-electron chi connectivity index (χ2n) is 3.88. The van der Waals surface area contributed by atoms with Crippen molar-refractivity contribution in [2.24, 2.45) is 5.73 Å². The monoisotopic (exact) mass is 172 g/mol. The van der Waals surface area contributed by atoms with E-state index in [0.717, 1.165) is 19.4 Å². The molecule has 12 heavy (non-hydrogen) atoms. The molecule has 3 nitrogen and oxygen atoms in total. The quantitative estimate of drug-likeness (QED) is 0.657. The van der Waals surface area contributed by atoms with Crippen LogP contribution < -0.4 is 5.73 Å². The fourth-order valence-electron chi connectivity index (χ4n) is 1.85. The van der Waals surface area contributed by atoms with Crippen LogP contribution in [0.3, 0.4) is 0 Å². The van der Waals surface area contributed by atoms with Crippen molar-refractivity contribution in [1.82, 2.24) is 4.90 Å². The number of hydrogen-bond donors (Lipinski definition) is 1. The van der Waals surface area contributed by atoms with Gasteiger partial charge >= 0.3 is 0 Å². The average molecular weight is 172 g/mol. The van der Waals surface area contributed by atoms with Gasteiger partial charge in [-0.05, 0) is 26.8 Å². The van der Waals surface area contributed by atoms with Gasteiger partial charge in [0.1, 0.15) is 0 Å². The zero-order chi connectivity index (χ0) is 9.19. The summed E-state index contributed by atoms with van der Waals surface area (Å²) < 4.78 is 5.50. The second-order valence-corrected chi connectivity index (χ2v) is 3.88. The molecular formula is C9H20N2O. The molecule has 1 heterocycles. The number of hydrogen-bond acceptors (Lipinski definition) is 3. The predicted molar refractivity (Wildman–Crippen MR) is 50.1 cm³/mol. The summed E-state index contributed by atoms with van der Waals surface area (Å²) in [5, 5.41) is 0. The fourth-order valence-corrected chi connectivity index (χ4v) is 1.85. The van der Waals surface area contributed by atoms with Crippen LogP contribution in [-0.2, 0) is 4.74 Å². The Bertz CT molecular complexity index is 145. The number of rotatable bonds is 2. The molecule has 72 valence electrons. The highest BCUT2D eigenvalue weighted by atomic mass is 16.5. The summed E-state index contributed by atoms with van der Waals surface area (Å²) >= 11 is 0. The third-order valence-electron chi connectivity index (χ3n) is 3.15. The molecule has 2 unspecified atom stereocenters. The molecule has 0 aliphatic carbocycles. The zero-order valence-electron chi connectivity index (χ0n) is 8.34. The first-order valence-corrected chi connectivity index (χ1v) is 4.59. The molecule has 1 fully saturated rings. The Morgan fingerprint density at radius 2 is 2.33 bits per heavy atom. The van der Waals surface area contributed by atoms with E-state index in [0.29, 0.717) is 12.6 Å². The largest absolute Gasteiger partial charge is 0.377 e. The number of likely N-dealkylation sites (tertiary alicyclic amines) is 1. The molecule has 0 saturated carbocycles. The molecule has 1 rings (SSSR count). The summed E-state index contributed by atoms with van der Waals surface area (Å²) in [4.78, 5) is 2.35. The molecule has 3 heteroatoms. The van der Waals surface area contributed by atoms with E-state index in [2.05, 4.69) is 18.9 Å². The van der Waals surface area contributed by atoms with Crippen LogP contribution in [0.4, 0.5) is 0 Å². The van der Waals surface area contributed by atoms with Crippen molar-refractivity contribution < 1.29 is 4.74 Å². The zero-order valence-corrected chi connectivity index (χ0v) is 8.34. The van der Waals surface area contributed by atoms with E-state index in [1.807, 2.05) is 0 Å². The number of methoxy groups -OCH3 is 1. The van der Waals surface area contributed by atoms with Crippen LogP contribution in [0, 0.1) is 0 Å². The first-order chi connectivity index (χ1) is 5.63. The first kappa shape index (κ1) is 9.96. The average Bonchev–Trinajstić information content (AvgIpc) is 2.10. The lowest BCUT2D eigenvalue weighted by atomic mass is 9.87. The predicted octanol–water partition coefficient (Wildman–Crippen LogP) is 0.444. The van der Waals surface area contributed by atoms with Gasteiger partial charge in [0.05, 0.1) is 5.60 Å². The molecule has 0 amide bonds. The molecule has 0 spiro atoms. The van der Waals surface area contributed by atoms with Crippen LogP contribution in [0.25, 0.3) is 0 Å².